The maximum atomic E-state index is 11.7. The Morgan fingerprint density at radius 2 is 2.12 bits per heavy atom. The minimum Gasteiger partial charge on any atom is -0.452 e. The van der Waals surface area contributed by atoms with Crippen molar-refractivity contribution in [3.05, 3.63) is 23.5 Å². The Morgan fingerprint density at radius 1 is 1.38 bits per heavy atom. The Hall–Kier alpha value is -1.58. The van der Waals surface area contributed by atoms with E-state index in [2.05, 4.69) is 4.98 Å². The van der Waals surface area contributed by atoms with Crippen LogP contribution in [0.5, 0.6) is 5.75 Å². The first-order valence-corrected chi connectivity index (χ1v) is 5.47. The van der Waals surface area contributed by atoms with E-state index >= 15 is 0 Å². The molecule has 16 heavy (non-hydrogen) atoms. The van der Waals surface area contributed by atoms with Crippen LogP contribution in [-0.2, 0) is 4.74 Å². The quantitative estimate of drug-likeness (QED) is 0.680. The summed E-state index contributed by atoms with van der Waals surface area (Å²) in [4.78, 5) is 15.9. The first kappa shape index (κ1) is 9.63. The third-order valence-corrected chi connectivity index (χ3v) is 2.80. The summed E-state index contributed by atoms with van der Waals surface area (Å²) in [5, 5.41) is 0. The smallest absolute Gasteiger partial charge is 0.346 e. The molecule has 1 aliphatic heterocycles. The highest BCUT2D eigenvalue weighted by Crippen LogP contribution is 2.41. The Morgan fingerprint density at radius 3 is 2.81 bits per heavy atom. The maximum absolute atomic E-state index is 11.7. The van der Waals surface area contributed by atoms with Gasteiger partial charge in [0.2, 0.25) is 5.79 Å². The number of hydrogen-bond acceptors (Lipinski definition) is 4. The van der Waals surface area contributed by atoms with Gasteiger partial charge in [-0.05, 0) is 12.8 Å². The molecule has 0 unspecified atom stereocenters. The van der Waals surface area contributed by atoms with Crippen molar-refractivity contribution in [2.75, 3.05) is 0 Å². The van der Waals surface area contributed by atoms with E-state index in [4.69, 9.17) is 9.47 Å². The number of ether oxygens (including phenoxy) is 2. The summed E-state index contributed by atoms with van der Waals surface area (Å²) in [6.07, 6.45) is 3.92. The Bertz CT molecular complexity index is 463. The molecule has 0 amide bonds. The molecule has 3 rings (SSSR count). The number of aromatic nitrogens is 1. The van der Waals surface area contributed by atoms with Gasteiger partial charge in [-0.1, -0.05) is 0 Å². The molecule has 2 aliphatic rings. The lowest BCUT2D eigenvalue weighted by molar-refractivity contribution is -0.127. The molecule has 0 N–H and O–H groups in total. The molecule has 1 fully saturated rings. The van der Waals surface area contributed by atoms with Crippen molar-refractivity contribution in [3.63, 3.8) is 0 Å². The number of fused-ring (bicyclic) bond motifs is 1. The second-order valence-corrected chi connectivity index (χ2v) is 4.77. The molecule has 0 aromatic carbocycles. The molecule has 4 nitrogen and oxygen atoms in total. The molecule has 0 atom stereocenters. The predicted molar refractivity (Wildman–Crippen MR) is 56.3 cm³/mol. The number of pyridine rings is 1. The average molecular weight is 219 g/mol. The number of hydrogen-bond donors (Lipinski definition) is 0. The fourth-order valence-corrected chi connectivity index (χ4v) is 1.86. The lowest BCUT2D eigenvalue weighted by atomic mass is 10.1. The van der Waals surface area contributed by atoms with Gasteiger partial charge < -0.3 is 9.47 Å². The topological polar surface area (TPSA) is 48.4 Å². The van der Waals surface area contributed by atoms with Gasteiger partial charge in [-0.3, -0.25) is 4.98 Å². The number of carbonyl (C=O) groups excluding carboxylic acids is 1. The normalized spacial score (nSPS) is 22.0. The average Bonchev–Trinajstić information content (AvgIpc) is 2.97. The zero-order chi connectivity index (χ0) is 11.3. The number of cyclic esters (lactones) is 1. The fourth-order valence-electron chi connectivity index (χ4n) is 1.86. The summed E-state index contributed by atoms with van der Waals surface area (Å²) in [5.74, 6) is -0.0964. The Kier molecular flexibility index (Phi) is 1.79. The van der Waals surface area contributed by atoms with Gasteiger partial charge in [-0.2, -0.15) is 0 Å². The van der Waals surface area contributed by atoms with E-state index in [1.807, 2.05) is 6.07 Å². The summed E-state index contributed by atoms with van der Waals surface area (Å²) in [5.41, 5.74) is 1.44. The van der Waals surface area contributed by atoms with Crippen molar-refractivity contribution >= 4 is 5.97 Å². The number of rotatable bonds is 1. The zero-order valence-corrected chi connectivity index (χ0v) is 9.32. The molecular formula is C12H13NO3. The van der Waals surface area contributed by atoms with Crippen molar-refractivity contribution in [1.29, 1.82) is 0 Å². The van der Waals surface area contributed by atoms with Crippen LogP contribution < -0.4 is 4.74 Å². The predicted octanol–water partition coefficient (Wildman–Crippen LogP) is 2.24. The molecular weight excluding hydrogens is 206 g/mol. The molecule has 84 valence electrons. The van der Waals surface area contributed by atoms with Gasteiger partial charge in [-0.15, -0.1) is 0 Å². The summed E-state index contributed by atoms with van der Waals surface area (Å²) in [6, 6.07) is 1.87. The number of nitrogens with zero attached hydrogens (tertiary/aromatic N) is 1. The summed E-state index contributed by atoms with van der Waals surface area (Å²) < 4.78 is 10.7. The van der Waals surface area contributed by atoms with Crippen molar-refractivity contribution < 1.29 is 14.3 Å². The molecule has 4 heteroatoms. The molecule has 2 heterocycles. The van der Waals surface area contributed by atoms with E-state index in [-0.39, 0.29) is 5.97 Å². The lowest BCUT2D eigenvalue weighted by Crippen LogP contribution is -2.39. The SMILES string of the molecule is CC1(C)OC(=O)c2cnc(C3CC3)cc2O1. The van der Waals surface area contributed by atoms with Crippen molar-refractivity contribution in [1.82, 2.24) is 4.98 Å². The van der Waals surface area contributed by atoms with E-state index in [1.54, 1.807) is 20.0 Å². The van der Waals surface area contributed by atoms with Gasteiger partial charge in [0, 0.05) is 37.7 Å². The highest BCUT2D eigenvalue weighted by atomic mass is 16.7. The van der Waals surface area contributed by atoms with E-state index in [9.17, 15) is 4.79 Å². The van der Waals surface area contributed by atoms with Crippen LogP contribution in [0, 0.1) is 0 Å². The number of esters is 1. The first-order valence-electron chi connectivity index (χ1n) is 5.47. The first-order chi connectivity index (χ1) is 7.55. The largest absolute Gasteiger partial charge is 0.452 e. The molecule has 1 aliphatic carbocycles. The monoisotopic (exact) mass is 219 g/mol. The highest BCUT2D eigenvalue weighted by Gasteiger charge is 2.35. The summed E-state index contributed by atoms with van der Waals surface area (Å²) in [6.45, 7) is 3.45. The van der Waals surface area contributed by atoms with Crippen LogP contribution in [-0.4, -0.2) is 16.7 Å². The van der Waals surface area contributed by atoms with Crippen LogP contribution in [0.3, 0.4) is 0 Å². The second-order valence-electron chi connectivity index (χ2n) is 4.77. The Balaban J connectivity index is 2.03. The molecule has 0 radical (unpaired) electrons. The van der Waals surface area contributed by atoms with Crippen LogP contribution in [0.1, 0.15) is 48.7 Å². The van der Waals surface area contributed by atoms with Gasteiger partial charge >= 0.3 is 5.97 Å². The fraction of sp³-hybridized carbons (Fsp3) is 0.500. The lowest BCUT2D eigenvalue weighted by Gasteiger charge is -2.31. The van der Waals surface area contributed by atoms with Gasteiger partial charge in [0.05, 0.1) is 0 Å². The minimum absolute atomic E-state index is 0.360. The third kappa shape index (κ3) is 1.54. The van der Waals surface area contributed by atoms with Crippen molar-refractivity contribution in [3.8, 4) is 5.75 Å². The highest BCUT2D eigenvalue weighted by molar-refractivity contribution is 5.93. The van der Waals surface area contributed by atoms with Crippen LogP contribution in [0.4, 0.5) is 0 Å². The Labute approximate surface area is 93.6 Å². The maximum Gasteiger partial charge on any atom is 0.346 e. The van der Waals surface area contributed by atoms with Gasteiger partial charge in [0.1, 0.15) is 11.3 Å². The molecule has 1 aromatic heterocycles. The number of carbonyl (C=O) groups is 1. The summed E-state index contributed by atoms with van der Waals surface area (Å²) >= 11 is 0. The molecule has 1 aromatic rings. The van der Waals surface area contributed by atoms with Crippen molar-refractivity contribution in [2.45, 2.75) is 38.4 Å². The summed E-state index contributed by atoms with van der Waals surface area (Å²) in [7, 11) is 0. The second kappa shape index (κ2) is 2.97. The standard InChI is InChI=1S/C12H13NO3/c1-12(2)15-10-5-9(7-3-4-7)13-6-8(10)11(14)16-12/h5-7H,3-4H2,1-2H3. The molecule has 0 saturated heterocycles. The van der Waals surface area contributed by atoms with Crippen LogP contribution in [0.25, 0.3) is 0 Å². The molecule has 1 saturated carbocycles. The van der Waals surface area contributed by atoms with Crippen LogP contribution in [0.15, 0.2) is 12.3 Å². The van der Waals surface area contributed by atoms with Gasteiger partial charge in [0.25, 0.3) is 0 Å². The molecule has 0 bridgehead atoms. The van der Waals surface area contributed by atoms with Crippen molar-refractivity contribution in [2.24, 2.45) is 0 Å². The molecule has 0 spiro atoms. The van der Waals surface area contributed by atoms with E-state index in [0.717, 1.165) is 5.69 Å². The minimum atomic E-state index is -0.883. The van der Waals surface area contributed by atoms with Crippen LogP contribution in [0.2, 0.25) is 0 Å². The van der Waals surface area contributed by atoms with E-state index in [1.165, 1.54) is 12.8 Å². The van der Waals surface area contributed by atoms with E-state index in [0.29, 0.717) is 17.2 Å². The van der Waals surface area contributed by atoms with E-state index < -0.39 is 5.79 Å². The van der Waals surface area contributed by atoms with Gasteiger partial charge in [-0.25, -0.2) is 4.79 Å². The van der Waals surface area contributed by atoms with Gasteiger partial charge in [0.15, 0.2) is 0 Å². The third-order valence-electron chi connectivity index (χ3n) is 2.80. The van der Waals surface area contributed by atoms with Crippen LogP contribution >= 0.6 is 0 Å². The zero-order valence-electron chi connectivity index (χ0n) is 9.32.